The molecule has 0 bridgehead atoms. The van der Waals surface area contributed by atoms with Crippen LogP contribution in [0.4, 0.5) is 5.82 Å². The number of sulfone groups is 1. The maximum absolute atomic E-state index is 12.6. The van der Waals surface area contributed by atoms with Crippen LogP contribution in [0.1, 0.15) is 47.9 Å². The SMILES string of the molecule is Cc1cc(NC(=O)CCc2c(C)nn(CCC#N)c2C)n([C@H]2CCS(=O)(=O)C2)n1. The van der Waals surface area contributed by atoms with Crippen molar-refractivity contribution in [3.8, 4) is 6.07 Å². The summed E-state index contributed by atoms with van der Waals surface area (Å²) in [4.78, 5) is 12.6. The molecular weight excluding hydrogens is 392 g/mol. The van der Waals surface area contributed by atoms with E-state index in [-0.39, 0.29) is 29.9 Å². The summed E-state index contributed by atoms with van der Waals surface area (Å²) in [6, 6.07) is 3.63. The predicted octanol–water partition coefficient (Wildman–Crippen LogP) is 1.85. The van der Waals surface area contributed by atoms with Crippen LogP contribution >= 0.6 is 0 Å². The van der Waals surface area contributed by atoms with Crippen LogP contribution < -0.4 is 5.32 Å². The van der Waals surface area contributed by atoms with E-state index in [4.69, 9.17) is 5.26 Å². The van der Waals surface area contributed by atoms with Crippen molar-refractivity contribution < 1.29 is 13.2 Å². The summed E-state index contributed by atoms with van der Waals surface area (Å²) in [5.41, 5.74) is 3.59. The monoisotopic (exact) mass is 418 g/mol. The molecule has 9 nitrogen and oxygen atoms in total. The highest BCUT2D eigenvalue weighted by atomic mass is 32.2. The standard InChI is InChI=1S/C19H26N6O3S/c1-13-11-18(25(22-13)16-7-10-29(27,28)12-16)21-19(26)6-5-17-14(2)23-24(15(17)3)9-4-8-20/h11,16H,4-7,9-10,12H2,1-3H3,(H,21,26)/t16-/m0/s1. The molecule has 0 radical (unpaired) electrons. The van der Waals surface area contributed by atoms with Gasteiger partial charge in [-0.05, 0) is 39.2 Å². The number of aryl methyl sites for hydroxylation is 3. The Balaban J connectivity index is 1.65. The number of aromatic nitrogens is 4. The molecule has 1 aliphatic heterocycles. The third kappa shape index (κ3) is 4.85. The van der Waals surface area contributed by atoms with E-state index in [1.54, 1.807) is 10.7 Å². The molecule has 2 aromatic heterocycles. The van der Waals surface area contributed by atoms with Crippen LogP contribution in [0.5, 0.6) is 0 Å². The number of hydrogen-bond donors (Lipinski definition) is 1. The molecule has 1 atom stereocenters. The minimum atomic E-state index is -3.04. The minimum absolute atomic E-state index is 0.0528. The Kier molecular flexibility index (Phi) is 6.07. The maximum atomic E-state index is 12.6. The van der Waals surface area contributed by atoms with Crippen molar-refractivity contribution >= 4 is 21.6 Å². The van der Waals surface area contributed by atoms with E-state index in [0.717, 1.165) is 22.6 Å². The van der Waals surface area contributed by atoms with Gasteiger partial charge in [-0.1, -0.05) is 0 Å². The van der Waals surface area contributed by atoms with Crippen molar-refractivity contribution in [2.45, 2.75) is 59.0 Å². The van der Waals surface area contributed by atoms with Crippen molar-refractivity contribution in [2.75, 3.05) is 16.8 Å². The number of nitrogens with zero attached hydrogens (tertiary/aromatic N) is 5. The van der Waals surface area contributed by atoms with Crippen LogP contribution in [0.3, 0.4) is 0 Å². The topological polar surface area (TPSA) is 123 Å². The van der Waals surface area contributed by atoms with Crippen molar-refractivity contribution in [2.24, 2.45) is 0 Å². The summed E-state index contributed by atoms with van der Waals surface area (Å²) in [7, 11) is -3.04. The second kappa shape index (κ2) is 8.37. The molecule has 1 saturated heterocycles. The molecule has 10 heteroatoms. The van der Waals surface area contributed by atoms with Crippen molar-refractivity contribution in [1.29, 1.82) is 5.26 Å². The van der Waals surface area contributed by atoms with E-state index in [1.165, 1.54) is 0 Å². The second-order valence-corrected chi connectivity index (χ2v) is 9.73. The fourth-order valence-corrected chi connectivity index (χ4v) is 5.46. The molecule has 1 fully saturated rings. The van der Waals surface area contributed by atoms with Gasteiger partial charge in [-0.25, -0.2) is 13.1 Å². The minimum Gasteiger partial charge on any atom is -0.311 e. The van der Waals surface area contributed by atoms with Gasteiger partial charge in [-0.3, -0.25) is 9.48 Å². The Hall–Kier alpha value is -2.67. The first-order valence-corrected chi connectivity index (χ1v) is 11.5. The van der Waals surface area contributed by atoms with Gasteiger partial charge < -0.3 is 5.32 Å². The summed E-state index contributed by atoms with van der Waals surface area (Å²) >= 11 is 0. The van der Waals surface area contributed by atoms with Crippen LogP contribution in [-0.2, 0) is 27.6 Å². The third-order valence-electron chi connectivity index (χ3n) is 5.25. The molecule has 2 aromatic rings. The number of carbonyl (C=O) groups excluding carboxylic acids is 1. The molecule has 0 unspecified atom stereocenters. The first-order chi connectivity index (χ1) is 13.7. The van der Waals surface area contributed by atoms with Gasteiger partial charge in [0, 0.05) is 18.2 Å². The van der Waals surface area contributed by atoms with Gasteiger partial charge >= 0.3 is 0 Å². The normalized spacial score (nSPS) is 17.9. The third-order valence-corrected chi connectivity index (χ3v) is 7.00. The number of hydrogen-bond acceptors (Lipinski definition) is 6. The van der Waals surface area contributed by atoms with Crippen LogP contribution in [-0.4, -0.2) is 45.4 Å². The number of anilines is 1. The summed E-state index contributed by atoms with van der Waals surface area (Å²) in [6.07, 6.45) is 1.72. The van der Waals surface area contributed by atoms with E-state index >= 15 is 0 Å². The number of rotatable bonds is 7. The highest BCUT2D eigenvalue weighted by molar-refractivity contribution is 7.91. The van der Waals surface area contributed by atoms with Gasteiger partial charge in [0.1, 0.15) is 5.82 Å². The fourth-order valence-electron chi connectivity index (χ4n) is 3.77. The van der Waals surface area contributed by atoms with Gasteiger partial charge in [0.05, 0.1) is 48.0 Å². The molecule has 0 spiro atoms. The van der Waals surface area contributed by atoms with E-state index in [2.05, 4.69) is 21.6 Å². The average Bonchev–Trinajstić information content (AvgIpc) is 3.27. The number of amides is 1. The molecule has 3 heterocycles. The van der Waals surface area contributed by atoms with E-state index in [9.17, 15) is 13.2 Å². The Labute approximate surface area is 170 Å². The summed E-state index contributed by atoms with van der Waals surface area (Å²) in [6.45, 7) is 6.21. The molecule has 3 rings (SSSR count). The molecule has 0 saturated carbocycles. The molecule has 1 aliphatic rings. The van der Waals surface area contributed by atoms with E-state index in [1.807, 2.05) is 25.5 Å². The Morgan fingerprint density at radius 1 is 1.34 bits per heavy atom. The highest BCUT2D eigenvalue weighted by Crippen LogP contribution is 2.27. The fraction of sp³-hybridized carbons (Fsp3) is 0.579. The number of nitrogens with one attached hydrogen (secondary N) is 1. The highest BCUT2D eigenvalue weighted by Gasteiger charge is 2.31. The van der Waals surface area contributed by atoms with Gasteiger partial charge in [0.2, 0.25) is 5.91 Å². The predicted molar refractivity (Wildman–Crippen MR) is 108 cm³/mol. The number of carbonyl (C=O) groups is 1. The van der Waals surface area contributed by atoms with Gasteiger partial charge in [0.15, 0.2) is 9.84 Å². The zero-order valence-electron chi connectivity index (χ0n) is 17.0. The van der Waals surface area contributed by atoms with Crippen molar-refractivity contribution in [3.63, 3.8) is 0 Å². The summed E-state index contributed by atoms with van der Waals surface area (Å²) in [5.74, 6) is 0.582. The second-order valence-electron chi connectivity index (χ2n) is 7.50. The largest absolute Gasteiger partial charge is 0.311 e. The lowest BCUT2D eigenvalue weighted by molar-refractivity contribution is -0.116. The van der Waals surface area contributed by atoms with Crippen LogP contribution in [0, 0.1) is 32.1 Å². The average molecular weight is 419 g/mol. The lowest BCUT2D eigenvalue weighted by atomic mass is 10.1. The molecule has 156 valence electrons. The molecular formula is C19H26N6O3S. The molecule has 0 aliphatic carbocycles. The zero-order valence-corrected chi connectivity index (χ0v) is 17.8. The maximum Gasteiger partial charge on any atom is 0.225 e. The Morgan fingerprint density at radius 3 is 2.76 bits per heavy atom. The van der Waals surface area contributed by atoms with Gasteiger partial charge in [-0.15, -0.1) is 0 Å². The Morgan fingerprint density at radius 2 is 2.10 bits per heavy atom. The van der Waals surface area contributed by atoms with Gasteiger partial charge in [0.25, 0.3) is 0 Å². The quantitative estimate of drug-likeness (QED) is 0.732. The van der Waals surface area contributed by atoms with Crippen molar-refractivity contribution in [3.05, 3.63) is 28.7 Å². The number of nitriles is 1. The van der Waals surface area contributed by atoms with E-state index < -0.39 is 9.84 Å². The van der Waals surface area contributed by atoms with Gasteiger partial charge in [-0.2, -0.15) is 15.5 Å². The lowest BCUT2D eigenvalue weighted by Crippen LogP contribution is -2.20. The first kappa shape index (κ1) is 21.0. The van der Waals surface area contributed by atoms with Crippen LogP contribution in [0.25, 0.3) is 0 Å². The molecule has 0 aromatic carbocycles. The van der Waals surface area contributed by atoms with Crippen molar-refractivity contribution in [1.82, 2.24) is 19.6 Å². The lowest BCUT2D eigenvalue weighted by Gasteiger charge is -2.14. The molecule has 1 amide bonds. The molecule has 1 N–H and O–H groups in total. The summed E-state index contributed by atoms with van der Waals surface area (Å²) < 4.78 is 27.0. The molecule has 29 heavy (non-hydrogen) atoms. The summed E-state index contributed by atoms with van der Waals surface area (Å²) in [5, 5.41) is 20.5. The smallest absolute Gasteiger partial charge is 0.225 e. The Bertz CT molecular complexity index is 1060. The van der Waals surface area contributed by atoms with Crippen LogP contribution in [0.2, 0.25) is 0 Å². The van der Waals surface area contributed by atoms with Crippen LogP contribution in [0.15, 0.2) is 6.07 Å². The zero-order chi connectivity index (χ0) is 21.2. The first-order valence-electron chi connectivity index (χ1n) is 9.66. The van der Waals surface area contributed by atoms with E-state index in [0.29, 0.717) is 31.6 Å².